The predicted molar refractivity (Wildman–Crippen MR) is 125 cm³/mol. The third-order valence-corrected chi connectivity index (χ3v) is 5.28. The zero-order valence-corrected chi connectivity index (χ0v) is 18.6. The van der Waals surface area contributed by atoms with E-state index in [-0.39, 0.29) is 0 Å². The first-order valence-electron chi connectivity index (χ1n) is 10.00. The molecule has 0 atom stereocenters. The Labute approximate surface area is 186 Å². The molecule has 0 fully saturated rings. The number of hydrogen-bond donors (Lipinski definition) is 1. The summed E-state index contributed by atoms with van der Waals surface area (Å²) >= 11 is -0.750. The Morgan fingerprint density at radius 2 is 1.81 bits per heavy atom. The second-order valence-electron chi connectivity index (χ2n) is 6.89. The van der Waals surface area contributed by atoms with Gasteiger partial charge in [-0.2, -0.15) is 8.42 Å². The Bertz CT molecular complexity index is 1130. The quantitative estimate of drug-likeness (QED) is 0.600. The Kier molecular flexibility index (Phi) is 7.62. The average molecular weight is 436 g/mol. The molecule has 1 aliphatic heterocycles. The van der Waals surface area contributed by atoms with E-state index in [2.05, 4.69) is 54.7 Å². The number of hydrogen-bond acceptors (Lipinski definition) is 5. The SMILES string of the molecule is CC/C(=C1\c2ccccc2OCc2cccc(OC)c21)c1cccc(NC)c1.O=S=O. The van der Waals surface area contributed by atoms with Crippen molar-refractivity contribution in [2.24, 2.45) is 0 Å². The van der Waals surface area contributed by atoms with Crippen LogP contribution in [0.3, 0.4) is 0 Å². The molecule has 160 valence electrons. The van der Waals surface area contributed by atoms with Crippen LogP contribution >= 0.6 is 0 Å². The molecular weight excluding hydrogens is 410 g/mol. The van der Waals surface area contributed by atoms with E-state index >= 15 is 0 Å². The van der Waals surface area contributed by atoms with Crippen LogP contribution in [0.5, 0.6) is 11.5 Å². The lowest BCUT2D eigenvalue weighted by atomic mass is 9.85. The molecule has 4 rings (SSSR count). The number of benzene rings is 3. The molecule has 31 heavy (non-hydrogen) atoms. The molecule has 1 heterocycles. The molecule has 0 saturated carbocycles. The summed E-state index contributed by atoms with van der Waals surface area (Å²) < 4.78 is 28.5. The van der Waals surface area contributed by atoms with Crippen molar-refractivity contribution in [3.8, 4) is 11.5 Å². The summed E-state index contributed by atoms with van der Waals surface area (Å²) in [6, 6.07) is 23.0. The lowest BCUT2D eigenvalue weighted by Gasteiger charge is -2.19. The monoisotopic (exact) mass is 435 g/mol. The van der Waals surface area contributed by atoms with E-state index in [0.29, 0.717) is 6.61 Å². The van der Waals surface area contributed by atoms with Gasteiger partial charge in [-0.15, -0.1) is 0 Å². The summed E-state index contributed by atoms with van der Waals surface area (Å²) in [6.45, 7) is 2.73. The normalized spacial score (nSPS) is 13.3. The molecule has 5 nitrogen and oxygen atoms in total. The number of rotatable bonds is 4. The molecule has 0 spiro atoms. The molecule has 6 heteroatoms. The summed E-state index contributed by atoms with van der Waals surface area (Å²) in [5.41, 5.74) is 8.15. The summed E-state index contributed by atoms with van der Waals surface area (Å²) in [4.78, 5) is 0. The van der Waals surface area contributed by atoms with Gasteiger partial charge in [-0.1, -0.05) is 49.4 Å². The fourth-order valence-corrected chi connectivity index (χ4v) is 3.94. The van der Waals surface area contributed by atoms with E-state index in [1.54, 1.807) is 7.11 Å². The Hall–Kier alpha value is -3.38. The zero-order chi connectivity index (χ0) is 22.2. The van der Waals surface area contributed by atoms with E-state index in [9.17, 15) is 0 Å². The number of ether oxygens (including phenoxy) is 2. The number of methoxy groups -OCH3 is 1. The summed E-state index contributed by atoms with van der Waals surface area (Å²) in [7, 11) is 3.68. The highest BCUT2D eigenvalue weighted by molar-refractivity contribution is 7.51. The van der Waals surface area contributed by atoms with Gasteiger partial charge in [0.2, 0.25) is 0 Å². The Balaban J connectivity index is 0.000000858. The number of allylic oxidation sites excluding steroid dienone is 1. The van der Waals surface area contributed by atoms with Crippen LogP contribution < -0.4 is 14.8 Å². The fourth-order valence-electron chi connectivity index (χ4n) is 3.94. The van der Waals surface area contributed by atoms with E-state index in [1.807, 2.05) is 31.3 Å². The van der Waals surface area contributed by atoms with Crippen LogP contribution in [0.1, 0.15) is 35.6 Å². The van der Waals surface area contributed by atoms with E-state index in [1.165, 1.54) is 16.7 Å². The summed E-state index contributed by atoms with van der Waals surface area (Å²) in [5.74, 6) is 1.79. The molecule has 0 radical (unpaired) electrons. The summed E-state index contributed by atoms with van der Waals surface area (Å²) in [5, 5.41) is 3.25. The minimum absolute atomic E-state index is 0.528. The first-order chi connectivity index (χ1) is 15.2. The first kappa shape index (κ1) is 22.3. The van der Waals surface area contributed by atoms with Gasteiger partial charge in [0, 0.05) is 35.0 Å². The topological polar surface area (TPSA) is 64.6 Å². The van der Waals surface area contributed by atoms with E-state index < -0.39 is 11.6 Å². The minimum atomic E-state index is -0.750. The van der Waals surface area contributed by atoms with Gasteiger partial charge in [0.15, 0.2) is 0 Å². The van der Waals surface area contributed by atoms with Gasteiger partial charge in [-0.3, -0.25) is 0 Å². The highest BCUT2D eigenvalue weighted by atomic mass is 32.1. The molecule has 0 aliphatic carbocycles. The predicted octanol–water partition coefficient (Wildman–Crippen LogP) is 5.33. The smallest absolute Gasteiger partial charge is 0.335 e. The van der Waals surface area contributed by atoms with Crippen molar-refractivity contribution in [1.29, 1.82) is 0 Å². The molecule has 0 aromatic heterocycles. The van der Waals surface area contributed by atoms with Gasteiger partial charge in [0.1, 0.15) is 18.1 Å². The molecule has 3 aromatic rings. The Morgan fingerprint density at radius 3 is 2.52 bits per heavy atom. The highest BCUT2D eigenvalue weighted by Gasteiger charge is 2.25. The van der Waals surface area contributed by atoms with Gasteiger partial charge in [0.25, 0.3) is 0 Å². The second-order valence-corrected chi connectivity index (χ2v) is 7.02. The second kappa shape index (κ2) is 10.6. The van der Waals surface area contributed by atoms with Crippen LogP contribution in [0, 0.1) is 0 Å². The number of anilines is 1. The van der Waals surface area contributed by atoms with Crippen molar-refractivity contribution in [3.05, 3.63) is 89.0 Å². The van der Waals surface area contributed by atoms with E-state index in [4.69, 9.17) is 17.9 Å². The lowest BCUT2D eigenvalue weighted by Crippen LogP contribution is -2.01. The fraction of sp³-hybridized carbons (Fsp3) is 0.200. The van der Waals surface area contributed by atoms with Crippen LogP contribution in [-0.4, -0.2) is 22.6 Å². The van der Waals surface area contributed by atoms with Gasteiger partial charge < -0.3 is 14.8 Å². The van der Waals surface area contributed by atoms with Gasteiger partial charge >= 0.3 is 11.6 Å². The molecule has 0 unspecified atom stereocenters. The Morgan fingerprint density at radius 1 is 1.06 bits per heavy atom. The molecule has 3 aromatic carbocycles. The van der Waals surface area contributed by atoms with Crippen LogP contribution in [-0.2, 0) is 18.2 Å². The van der Waals surface area contributed by atoms with Crippen molar-refractivity contribution in [2.45, 2.75) is 20.0 Å². The molecular formula is C25H25NO4S. The van der Waals surface area contributed by atoms with Crippen LogP contribution in [0.4, 0.5) is 5.69 Å². The first-order valence-corrected chi connectivity index (χ1v) is 10.7. The summed E-state index contributed by atoms with van der Waals surface area (Å²) in [6.07, 6.45) is 0.897. The number of para-hydroxylation sites is 1. The molecule has 0 amide bonds. The van der Waals surface area contributed by atoms with Gasteiger partial charge in [-0.05, 0) is 41.8 Å². The highest BCUT2D eigenvalue weighted by Crippen LogP contribution is 2.45. The number of fused-ring (bicyclic) bond motifs is 2. The number of nitrogens with one attached hydrogen (secondary N) is 1. The average Bonchev–Trinajstić information content (AvgIpc) is 2.98. The maximum absolute atomic E-state index is 8.29. The van der Waals surface area contributed by atoms with Gasteiger partial charge in [0.05, 0.1) is 7.11 Å². The lowest BCUT2D eigenvalue weighted by molar-refractivity contribution is 0.306. The maximum Gasteiger partial charge on any atom is 0.335 e. The van der Waals surface area contributed by atoms with Crippen molar-refractivity contribution in [2.75, 3.05) is 19.5 Å². The molecule has 1 N–H and O–H groups in total. The zero-order valence-electron chi connectivity index (χ0n) is 17.8. The molecule has 0 bridgehead atoms. The van der Waals surface area contributed by atoms with Gasteiger partial charge in [-0.25, -0.2) is 0 Å². The molecule has 0 saturated heterocycles. The molecule has 1 aliphatic rings. The minimum Gasteiger partial charge on any atom is -0.496 e. The van der Waals surface area contributed by atoms with Crippen LogP contribution in [0.25, 0.3) is 11.1 Å². The van der Waals surface area contributed by atoms with E-state index in [0.717, 1.165) is 40.3 Å². The standard InChI is InChI=1S/C25H25NO2.O2S/c1-4-20(17-9-7-11-19(15-17)26-2)25-21-12-5-6-13-22(21)28-16-18-10-8-14-23(27-3)24(18)25;1-3-2/h5-15,26H,4,16H2,1-3H3;/b25-20-;. The third-order valence-electron chi connectivity index (χ3n) is 5.28. The van der Waals surface area contributed by atoms with Crippen molar-refractivity contribution in [3.63, 3.8) is 0 Å². The maximum atomic E-state index is 8.29. The van der Waals surface area contributed by atoms with Crippen molar-refractivity contribution < 1.29 is 17.9 Å². The van der Waals surface area contributed by atoms with Crippen molar-refractivity contribution in [1.82, 2.24) is 0 Å². The third kappa shape index (κ3) is 4.70. The van der Waals surface area contributed by atoms with Crippen LogP contribution in [0.2, 0.25) is 0 Å². The van der Waals surface area contributed by atoms with Crippen LogP contribution in [0.15, 0.2) is 66.7 Å². The van der Waals surface area contributed by atoms with Crippen molar-refractivity contribution >= 4 is 28.4 Å². The largest absolute Gasteiger partial charge is 0.496 e.